The zero-order chi connectivity index (χ0) is 24.2. The number of likely N-dealkylation sites (N-methyl/N-ethyl adjacent to an activating group) is 1. The van der Waals surface area contributed by atoms with E-state index in [4.69, 9.17) is 9.47 Å². The van der Waals surface area contributed by atoms with Crippen molar-refractivity contribution < 1.29 is 24.2 Å². The maximum atomic E-state index is 13.0. The first-order valence-corrected chi connectivity index (χ1v) is 12.4. The van der Waals surface area contributed by atoms with E-state index in [-0.39, 0.29) is 17.6 Å². The molecule has 8 nitrogen and oxygen atoms in total. The Kier molecular flexibility index (Phi) is 7.60. The molecule has 0 radical (unpaired) electrons. The average Bonchev–Trinajstić information content (AvgIpc) is 3.14. The van der Waals surface area contributed by atoms with Gasteiger partial charge in [0.2, 0.25) is 0 Å². The summed E-state index contributed by atoms with van der Waals surface area (Å²) in [7, 11) is 1.47. The van der Waals surface area contributed by atoms with Crippen molar-refractivity contribution in [2.45, 2.75) is 6.92 Å². The van der Waals surface area contributed by atoms with Crippen LogP contribution in [0.5, 0.6) is 11.5 Å². The van der Waals surface area contributed by atoms with Crippen LogP contribution < -0.4 is 4.74 Å². The zero-order valence-corrected chi connectivity index (χ0v) is 21.2. The molecule has 2 amide bonds. The van der Waals surface area contributed by atoms with Crippen molar-refractivity contribution in [3.05, 3.63) is 56.9 Å². The molecule has 34 heavy (non-hydrogen) atoms. The molecule has 2 saturated heterocycles. The number of morpholine rings is 1. The number of ether oxygens (including phenoxy) is 2. The molecule has 0 bridgehead atoms. The Balaban J connectivity index is 1.61. The Bertz CT molecular complexity index is 1180. The lowest BCUT2D eigenvalue weighted by Crippen LogP contribution is -2.40. The Morgan fingerprint density at radius 3 is 2.76 bits per heavy atom. The van der Waals surface area contributed by atoms with Gasteiger partial charge in [0.15, 0.2) is 16.7 Å². The van der Waals surface area contributed by atoms with Crippen LogP contribution in [0.3, 0.4) is 0 Å². The van der Waals surface area contributed by atoms with E-state index >= 15 is 0 Å². The van der Waals surface area contributed by atoms with E-state index in [1.54, 1.807) is 46.2 Å². The first kappa shape index (κ1) is 24.3. The number of aromatic hydroxyl groups is 1. The summed E-state index contributed by atoms with van der Waals surface area (Å²) in [5, 5.41) is 10.6. The maximum Gasteiger partial charge on any atom is 0.266 e. The summed E-state index contributed by atoms with van der Waals surface area (Å²) >= 11 is 4.57. The highest BCUT2D eigenvalue weighted by atomic mass is 79.9. The van der Waals surface area contributed by atoms with Crippen LogP contribution in [0.1, 0.15) is 22.8 Å². The molecule has 0 atom stereocenters. The number of hydrogen-bond donors (Lipinski definition) is 1. The second-order valence-corrected chi connectivity index (χ2v) is 9.43. The van der Waals surface area contributed by atoms with Crippen molar-refractivity contribution in [2.75, 3.05) is 40.0 Å². The van der Waals surface area contributed by atoms with Gasteiger partial charge in [0.05, 0.1) is 35.4 Å². The molecular weight excluding hydrogens is 522 g/mol. The lowest BCUT2D eigenvalue weighted by atomic mass is 10.1. The highest BCUT2D eigenvalue weighted by Gasteiger charge is 2.32. The van der Waals surface area contributed by atoms with Crippen LogP contribution in [0.2, 0.25) is 0 Å². The van der Waals surface area contributed by atoms with Gasteiger partial charge in [0.1, 0.15) is 0 Å². The number of carbonyl (C=O) groups is 2. The molecule has 1 N–H and O–H groups in total. The second-order valence-electron chi connectivity index (χ2n) is 7.56. The molecule has 0 aromatic heterocycles. The Hall–Kier alpha value is -2.82. The number of rotatable bonds is 5. The molecule has 2 aliphatic heterocycles. The van der Waals surface area contributed by atoms with Crippen LogP contribution in [-0.4, -0.2) is 71.8 Å². The molecule has 10 heteroatoms. The predicted molar refractivity (Wildman–Crippen MR) is 136 cm³/mol. The van der Waals surface area contributed by atoms with Gasteiger partial charge in [-0.15, -0.1) is 0 Å². The number of methoxy groups -OCH3 is 1. The summed E-state index contributed by atoms with van der Waals surface area (Å²) in [6, 6.07) is 10.5. The SMILES string of the molecule is CCN1C(=O)/C(=C\c2cc(Br)c(O)c(OC)c2)SC1=Nc1cccc(C(=O)N2CCOCC2)c1. The zero-order valence-electron chi connectivity index (χ0n) is 18.8. The quantitative estimate of drug-likeness (QED) is 0.564. The van der Waals surface area contributed by atoms with Crippen LogP contribution in [-0.2, 0) is 9.53 Å². The molecule has 0 saturated carbocycles. The summed E-state index contributed by atoms with van der Waals surface area (Å²) in [6.45, 7) is 4.55. The van der Waals surface area contributed by atoms with Gasteiger partial charge in [0, 0.05) is 25.2 Å². The van der Waals surface area contributed by atoms with Gasteiger partial charge in [-0.05, 0) is 76.6 Å². The maximum absolute atomic E-state index is 13.0. The number of halogens is 1. The molecule has 2 aromatic carbocycles. The smallest absolute Gasteiger partial charge is 0.266 e. The lowest BCUT2D eigenvalue weighted by Gasteiger charge is -2.26. The number of carbonyl (C=O) groups excluding carboxylic acids is 2. The van der Waals surface area contributed by atoms with E-state index < -0.39 is 0 Å². The number of nitrogens with zero attached hydrogens (tertiary/aromatic N) is 3. The summed E-state index contributed by atoms with van der Waals surface area (Å²) in [4.78, 5) is 34.4. The number of hydrogen-bond acceptors (Lipinski definition) is 7. The third-order valence-electron chi connectivity index (χ3n) is 5.39. The molecule has 178 valence electrons. The van der Waals surface area contributed by atoms with Gasteiger partial charge < -0.3 is 19.5 Å². The van der Waals surface area contributed by atoms with Gasteiger partial charge in [-0.1, -0.05) is 6.07 Å². The Morgan fingerprint density at radius 2 is 2.06 bits per heavy atom. The average molecular weight is 546 g/mol. The number of phenols is 1. The van der Waals surface area contributed by atoms with E-state index in [9.17, 15) is 14.7 Å². The molecular formula is C24H24BrN3O5S. The van der Waals surface area contributed by atoms with Crippen molar-refractivity contribution in [1.29, 1.82) is 0 Å². The standard InChI is InChI=1S/C24H24BrN3O5S/c1-3-28-23(31)20(13-15-11-18(25)21(29)19(12-15)32-2)34-24(28)26-17-6-4-5-16(14-17)22(30)27-7-9-33-10-8-27/h4-6,11-14,29H,3,7-10H2,1-2H3/b20-13+,26-24?. The predicted octanol–water partition coefficient (Wildman–Crippen LogP) is 4.26. The molecule has 0 aliphatic carbocycles. The number of benzene rings is 2. The van der Waals surface area contributed by atoms with E-state index in [0.717, 1.165) is 0 Å². The fourth-order valence-corrected chi connectivity index (χ4v) is 5.14. The van der Waals surface area contributed by atoms with Crippen LogP contribution in [0.15, 0.2) is 50.8 Å². The molecule has 0 unspecified atom stereocenters. The normalized spacial score (nSPS) is 18.7. The van der Waals surface area contributed by atoms with Crippen molar-refractivity contribution in [3.63, 3.8) is 0 Å². The lowest BCUT2D eigenvalue weighted by molar-refractivity contribution is -0.122. The van der Waals surface area contributed by atoms with Gasteiger partial charge in [0.25, 0.3) is 11.8 Å². The van der Waals surface area contributed by atoms with Gasteiger partial charge in [-0.2, -0.15) is 0 Å². The Labute approximate surface area is 210 Å². The van der Waals surface area contributed by atoms with Gasteiger partial charge in [-0.25, -0.2) is 4.99 Å². The van der Waals surface area contributed by atoms with E-state index in [0.29, 0.717) is 70.0 Å². The highest BCUT2D eigenvalue weighted by molar-refractivity contribution is 9.10. The molecule has 4 rings (SSSR count). The Morgan fingerprint density at radius 1 is 1.29 bits per heavy atom. The van der Waals surface area contributed by atoms with Crippen LogP contribution in [0.4, 0.5) is 5.69 Å². The van der Waals surface area contributed by atoms with Crippen molar-refractivity contribution in [3.8, 4) is 11.5 Å². The van der Waals surface area contributed by atoms with Crippen LogP contribution >= 0.6 is 27.7 Å². The van der Waals surface area contributed by atoms with Crippen molar-refractivity contribution in [1.82, 2.24) is 9.80 Å². The molecule has 2 heterocycles. The fourth-order valence-electron chi connectivity index (χ4n) is 3.62. The minimum atomic E-state index is -0.157. The number of aliphatic imine (C=N–C) groups is 1. The summed E-state index contributed by atoms with van der Waals surface area (Å²) < 4.78 is 11.0. The van der Waals surface area contributed by atoms with Crippen molar-refractivity contribution >= 4 is 56.4 Å². The van der Waals surface area contributed by atoms with Crippen molar-refractivity contribution in [2.24, 2.45) is 4.99 Å². The van der Waals surface area contributed by atoms with Gasteiger partial charge in [-0.3, -0.25) is 14.5 Å². The number of amidine groups is 1. The fraction of sp³-hybridized carbons (Fsp3) is 0.292. The highest BCUT2D eigenvalue weighted by Crippen LogP contribution is 2.38. The third kappa shape index (κ3) is 5.13. The van der Waals surface area contributed by atoms with E-state index in [2.05, 4.69) is 20.9 Å². The summed E-state index contributed by atoms with van der Waals surface area (Å²) in [6.07, 6.45) is 1.74. The van der Waals surface area contributed by atoms with E-state index in [1.165, 1.54) is 18.9 Å². The van der Waals surface area contributed by atoms with E-state index in [1.807, 2.05) is 13.0 Å². The summed E-state index contributed by atoms with van der Waals surface area (Å²) in [5.74, 6) is 0.0916. The second kappa shape index (κ2) is 10.6. The number of amides is 2. The summed E-state index contributed by atoms with van der Waals surface area (Å²) in [5.41, 5.74) is 1.86. The first-order valence-electron chi connectivity index (χ1n) is 10.7. The number of thioether (sulfide) groups is 1. The monoisotopic (exact) mass is 545 g/mol. The largest absolute Gasteiger partial charge is 0.503 e. The molecule has 2 fully saturated rings. The van der Waals surface area contributed by atoms with Gasteiger partial charge >= 0.3 is 0 Å². The molecule has 2 aromatic rings. The minimum absolute atomic E-state index is 0.000930. The topological polar surface area (TPSA) is 91.7 Å². The minimum Gasteiger partial charge on any atom is -0.503 e. The number of phenolic OH excluding ortho intramolecular Hbond substituents is 1. The first-order chi connectivity index (χ1) is 16.4. The molecule has 0 spiro atoms. The van der Waals surface area contributed by atoms with Crippen LogP contribution in [0.25, 0.3) is 6.08 Å². The van der Waals surface area contributed by atoms with Crippen LogP contribution in [0, 0.1) is 0 Å². The third-order valence-corrected chi connectivity index (χ3v) is 7.00. The molecule has 2 aliphatic rings.